The van der Waals surface area contributed by atoms with Gasteiger partial charge in [-0.1, -0.05) is 32.4 Å². The van der Waals surface area contributed by atoms with Crippen LogP contribution in [0, 0.1) is 0 Å². The van der Waals surface area contributed by atoms with Crippen LogP contribution in [0.4, 0.5) is 0 Å². The summed E-state index contributed by atoms with van der Waals surface area (Å²) in [6.45, 7) is 6.40. The Balaban J connectivity index is 2.64. The third-order valence-electron chi connectivity index (χ3n) is 2.76. The van der Waals surface area contributed by atoms with Crippen LogP contribution in [0.3, 0.4) is 0 Å². The van der Waals surface area contributed by atoms with Gasteiger partial charge in [0.15, 0.2) is 5.65 Å². The topological polar surface area (TPSA) is 43.1 Å². The summed E-state index contributed by atoms with van der Waals surface area (Å²) in [4.78, 5) is 4.04. The molecule has 5 heteroatoms. The van der Waals surface area contributed by atoms with Gasteiger partial charge in [-0.05, 0) is 6.42 Å². The van der Waals surface area contributed by atoms with Gasteiger partial charge in [0.05, 0.1) is 0 Å². The molecular weight excluding hydrogens is 212 g/mol. The van der Waals surface area contributed by atoms with Crippen molar-refractivity contribution in [2.45, 2.75) is 32.6 Å². The number of hydrogen-bond donors (Lipinski definition) is 0. The average molecular weight is 225 g/mol. The van der Waals surface area contributed by atoms with E-state index >= 15 is 0 Å². The lowest BCUT2D eigenvalue weighted by molar-refractivity contribution is 0.467. The molecule has 0 aliphatic rings. The Morgan fingerprint density at radius 1 is 1.40 bits per heavy atom. The van der Waals surface area contributed by atoms with Crippen LogP contribution < -0.4 is 0 Å². The normalized spacial score (nSPS) is 12.3. The average Bonchev–Trinajstić information content (AvgIpc) is 2.61. The number of hydrogen-bond acceptors (Lipinski definition) is 3. The number of nitrogens with zero attached hydrogens (tertiary/aromatic N) is 4. The van der Waals surface area contributed by atoms with Crippen molar-refractivity contribution in [2.75, 3.05) is 0 Å². The van der Waals surface area contributed by atoms with Gasteiger partial charge in [0.25, 0.3) is 0 Å². The van der Waals surface area contributed by atoms with Crippen LogP contribution in [-0.4, -0.2) is 19.6 Å². The van der Waals surface area contributed by atoms with Crippen molar-refractivity contribution in [3.05, 3.63) is 23.4 Å². The molecule has 0 amide bonds. The maximum atomic E-state index is 5.78. The molecule has 80 valence electrons. The second kappa shape index (κ2) is 3.45. The van der Waals surface area contributed by atoms with Crippen molar-refractivity contribution in [3.8, 4) is 0 Å². The van der Waals surface area contributed by atoms with Crippen molar-refractivity contribution >= 4 is 17.2 Å². The summed E-state index contributed by atoms with van der Waals surface area (Å²) >= 11 is 5.78. The predicted molar refractivity (Wildman–Crippen MR) is 59.1 cm³/mol. The largest absolute Gasteiger partial charge is 0.269 e. The molecule has 0 N–H and O–H groups in total. The van der Waals surface area contributed by atoms with Crippen LogP contribution in [0.15, 0.2) is 12.4 Å². The smallest absolute Gasteiger partial charge is 0.165 e. The Morgan fingerprint density at radius 3 is 2.80 bits per heavy atom. The zero-order valence-corrected chi connectivity index (χ0v) is 9.78. The molecule has 4 nitrogen and oxygen atoms in total. The first-order valence-corrected chi connectivity index (χ1v) is 5.29. The van der Waals surface area contributed by atoms with E-state index in [1.165, 1.54) is 0 Å². The predicted octanol–water partition coefficient (Wildman–Crippen LogP) is 2.47. The van der Waals surface area contributed by atoms with Gasteiger partial charge >= 0.3 is 0 Å². The van der Waals surface area contributed by atoms with Gasteiger partial charge in [0, 0.05) is 11.5 Å². The van der Waals surface area contributed by atoms with Gasteiger partial charge < -0.3 is 0 Å². The van der Waals surface area contributed by atoms with Crippen molar-refractivity contribution in [1.82, 2.24) is 19.6 Å². The highest BCUT2D eigenvalue weighted by atomic mass is 35.5. The molecule has 0 saturated carbocycles. The van der Waals surface area contributed by atoms with Gasteiger partial charge in [-0.25, -0.2) is 4.98 Å². The van der Waals surface area contributed by atoms with Gasteiger partial charge in [-0.15, -0.1) is 10.2 Å². The minimum Gasteiger partial charge on any atom is -0.269 e. The van der Waals surface area contributed by atoms with Gasteiger partial charge in [-0.3, -0.25) is 4.40 Å². The SMILES string of the molecule is CCC(C)(C)c1nnc2cc(Cl)ncn12. The molecule has 2 aromatic heterocycles. The Bertz CT molecular complexity index is 489. The molecule has 0 spiro atoms. The zero-order valence-electron chi connectivity index (χ0n) is 9.03. The molecule has 0 atom stereocenters. The van der Waals surface area contributed by atoms with Crippen LogP contribution in [0.1, 0.15) is 33.0 Å². The first-order valence-electron chi connectivity index (χ1n) is 4.91. The monoisotopic (exact) mass is 224 g/mol. The van der Waals surface area contributed by atoms with Crippen molar-refractivity contribution in [3.63, 3.8) is 0 Å². The molecule has 15 heavy (non-hydrogen) atoms. The lowest BCUT2D eigenvalue weighted by Crippen LogP contribution is -2.19. The fourth-order valence-electron chi connectivity index (χ4n) is 1.39. The number of halogens is 1. The van der Waals surface area contributed by atoms with Crippen LogP contribution in [0.25, 0.3) is 5.65 Å². The molecule has 0 unspecified atom stereocenters. The summed E-state index contributed by atoms with van der Waals surface area (Å²) in [5, 5.41) is 8.72. The van der Waals surface area contributed by atoms with Gasteiger partial charge in [-0.2, -0.15) is 0 Å². The van der Waals surface area contributed by atoms with Crippen molar-refractivity contribution < 1.29 is 0 Å². The lowest BCUT2D eigenvalue weighted by atomic mass is 9.89. The molecule has 0 saturated heterocycles. The second-order valence-electron chi connectivity index (χ2n) is 4.20. The third-order valence-corrected chi connectivity index (χ3v) is 2.96. The van der Waals surface area contributed by atoms with E-state index in [0.29, 0.717) is 5.15 Å². The summed E-state index contributed by atoms with van der Waals surface area (Å²) in [6.07, 6.45) is 2.67. The lowest BCUT2D eigenvalue weighted by Gasteiger charge is -2.19. The fraction of sp³-hybridized carbons (Fsp3) is 0.500. The molecule has 0 fully saturated rings. The Hall–Kier alpha value is -1.16. The van der Waals surface area contributed by atoms with Crippen LogP contribution in [0.5, 0.6) is 0 Å². The van der Waals surface area contributed by atoms with E-state index in [4.69, 9.17) is 11.6 Å². The maximum absolute atomic E-state index is 5.78. The molecule has 2 aromatic rings. The highest BCUT2D eigenvalue weighted by molar-refractivity contribution is 6.29. The van der Waals surface area contributed by atoms with E-state index < -0.39 is 0 Å². The van der Waals surface area contributed by atoms with Crippen LogP contribution >= 0.6 is 11.6 Å². The highest BCUT2D eigenvalue weighted by Gasteiger charge is 2.24. The van der Waals surface area contributed by atoms with E-state index in [9.17, 15) is 0 Å². The summed E-state index contributed by atoms with van der Waals surface area (Å²) in [5.74, 6) is 0.921. The number of aromatic nitrogens is 4. The minimum atomic E-state index is -0.00503. The Labute approximate surface area is 93.3 Å². The molecule has 0 aliphatic carbocycles. The minimum absolute atomic E-state index is 0.00503. The van der Waals surface area contributed by atoms with E-state index in [1.54, 1.807) is 12.4 Å². The fourth-order valence-corrected chi connectivity index (χ4v) is 1.53. The molecule has 2 rings (SSSR count). The zero-order chi connectivity index (χ0) is 11.1. The number of fused-ring (bicyclic) bond motifs is 1. The van der Waals surface area contributed by atoms with E-state index in [-0.39, 0.29) is 5.41 Å². The van der Waals surface area contributed by atoms with Gasteiger partial charge in [0.2, 0.25) is 0 Å². The van der Waals surface area contributed by atoms with Crippen molar-refractivity contribution in [2.24, 2.45) is 0 Å². The van der Waals surface area contributed by atoms with Crippen LogP contribution in [0.2, 0.25) is 5.15 Å². The van der Waals surface area contributed by atoms with Crippen molar-refractivity contribution in [1.29, 1.82) is 0 Å². The molecule has 2 heterocycles. The molecule has 0 aliphatic heterocycles. The molecule has 0 aromatic carbocycles. The Morgan fingerprint density at radius 2 is 2.13 bits per heavy atom. The molecule has 0 radical (unpaired) electrons. The summed E-state index contributed by atoms with van der Waals surface area (Å²) in [6, 6.07) is 1.71. The molecular formula is C10H13ClN4. The summed E-state index contributed by atoms with van der Waals surface area (Å²) in [7, 11) is 0. The summed E-state index contributed by atoms with van der Waals surface area (Å²) in [5.41, 5.74) is 0.737. The third kappa shape index (κ3) is 1.69. The van der Waals surface area contributed by atoms with E-state index in [0.717, 1.165) is 17.9 Å². The standard InChI is InChI=1S/C10H13ClN4/c1-4-10(2,3)9-14-13-8-5-7(11)12-6-15(8)9/h5-6H,4H2,1-3H3. The highest BCUT2D eigenvalue weighted by Crippen LogP contribution is 2.25. The van der Waals surface area contributed by atoms with Crippen LogP contribution in [-0.2, 0) is 5.41 Å². The summed E-state index contributed by atoms with van der Waals surface area (Å²) < 4.78 is 1.88. The number of rotatable bonds is 2. The van der Waals surface area contributed by atoms with E-state index in [2.05, 4.69) is 36.0 Å². The first-order chi connectivity index (χ1) is 7.04. The first kappa shape index (κ1) is 10.4. The molecule has 0 bridgehead atoms. The second-order valence-corrected chi connectivity index (χ2v) is 4.59. The quantitative estimate of drug-likeness (QED) is 0.736. The van der Waals surface area contributed by atoms with Gasteiger partial charge in [0.1, 0.15) is 17.3 Å². The Kier molecular flexibility index (Phi) is 2.38. The van der Waals surface area contributed by atoms with E-state index in [1.807, 2.05) is 4.40 Å². The maximum Gasteiger partial charge on any atom is 0.165 e.